The van der Waals surface area contributed by atoms with Crippen LogP contribution in [0.2, 0.25) is 0 Å². The zero-order chi connectivity index (χ0) is 18.1. The van der Waals surface area contributed by atoms with Gasteiger partial charge in [0.25, 0.3) is 0 Å². The standard InChI is InChI=1S/C17H25FN6O.HI/c1-4-16-23-22-12-24(16)10-9-20-17(19-3)21-11-13(2)25-15-8-6-5-7-14(15)18;/h5-8,12-13H,4,9-11H2,1-3H3,(H2,19,20,21);1H. The van der Waals surface area contributed by atoms with Gasteiger partial charge in [-0.25, -0.2) is 4.39 Å². The fraction of sp³-hybridized carbons (Fsp3) is 0.471. The van der Waals surface area contributed by atoms with E-state index in [0.29, 0.717) is 19.0 Å². The Hall–Kier alpha value is -1.91. The van der Waals surface area contributed by atoms with Gasteiger partial charge in [-0.3, -0.25) is 4.99 Å². The number of halogens is 2. The lowest BCUT2D eigenvalue weighted by Gasteiger charge is -2.18. The van der Waals surface area contributed by atoms with Crippen LogP contribution in [0.4, 0.5) is 4.39 Å². The van der Waals surface area contributed by atoms with Crippen LogP contribution < -0.4 is 15.4 Å². The summed E-state index contributed by atoms with van der Waals surface area (Å²) in [6.45, 7) is 5.86. The normalized spacial score (nSPS) is 12.2. The van der Waals surface area contributed by atoms with Crippen LogP contribution in [0.5, 0.6) is 5.75 Å². The van der Waals surface area contributed by atoms with Gasteiger partial charge in [0.15, 0.2) is 17.5 Å². The number of guanidine groups is 1. The first-order chi connectivity index (χ1) is 12.1. The van der Waals surface area contributed by atoms with Crippen LogP contribution in [0, 0.1) is 5.82 Å². The monoisotopic (exact) mass is 476 g/mol. The van der Waals surface area contributed by atoms with Crippen molar-refractivity contribution in [3.05, 3.63) is 42.2 Å². The topological polar surface area (TPSA) is 76.4 Å². The summed E-state index contributed by atoms with van der Waals surface area (Å²) >= 11 is 0. The number of nitrogens with zero attached hydrogens (tertiary/aromatic N) is 4. The molecule has 0 aliphatic carbocycles. The van der Waals surface area contributed by atoms with E-state index < -0.39 is 0 Å². The SMILES string of the molecule is CCc1nncn1CCNC(=NC)NCC(C)Oc1ccccc1F.I. The predicted molar refractivity (Wildman–Crippen MR) is 111 cm³/mol. The molecule has 2 N–H and O–H groups in total. The van der Waals surface area contributed by atoms with E-state index in [1.54, 1.807) is 31.6 Å². The minimum atomic E-state index is -0.363. The van der Waals surface area contributed by atoms with Crippen LogP contribution in [0.15, 0.2) is 35.6 Å². The van der Waals surface area contributed by atoms with Gasteiger partial charge < -0.3 is 19.9 Å². The number of hydrogen-bond donors (Lipinski definition) is 2. The molecule has 0 fully saturated rings. The average Bonchev–Trinajstić information content (AvgIpc) is 3.07. The third-order valence-electron chi connectivity index (χ3n) is 3.60. The number of rotatable bonds is 8. The van der Waals surface area contributed by atoms with Crippen LogP contribution >= 0.6 is 24.0 Å². The van der Waals surface area contributed by atoms with Crippen LogP contribution in [0.25, 0.3) is 0 Å². The molecule has 1 atom stereocenters. The highest BCUT2D eigenvalue weighted by Crippen LogP contribution is 2.16. The molecule has 26 heavy (non-hydrogen) atoms. The highest BCUT2D eigenvalue weighted by atomic mass is 127. The van der Waals surface area contributed by atoms with Gasteiger partial charge in [0.1, 0.15) is 18.3 Å². The van der Waals surface area contributed by atoms with E-state index in [-0.39, 0.29) is 41.6 Å². The predicted octanol–water partition coefficient (Wildman–Crippen LogP) is 2.23. The minimum Gasteiger partial charge on any atom is -0.486 e. The average molecular weight is 476 g/mol. The lowest BCUT2D eigenvalue weighted by Crippen LogP contribution is -2.42. The molecule has 0 radical (unpaired) electrons. The molecule has 2 aromatic rings. The maximum atomic E-state index is 13.6. The van der Waals surface area contributed by atoms with Gasteiger partial charge in [-0.05, 0) is 19.1 Å². The van der Waals surface area contributed by atoms with Gasteiger partial charge in [0.05, 0.1) is 6.54 Å². The number of aromatic nitrogens is 3. The highest BCUT2D eigenvalue weighted by Gasteiger charge is 2.09. The van der Waals surface area contributed by atoms with Gasteiger partial charge in [-0.2, -0.15) is 0 Å². The van der Waals surface area contributed by atoms with E-state index in [1.165, 1.54) is 6.07 Å². The van der Waals surface area contributed by atoms with Crippen LogP contribution in [0.1, 0.15) is 19.7 Å². The molecule has 2 rings (SSSR count). The molecule has 0 saturated carbocycles. The van der Waals surface area contributed by atoms with Crippen molar-refractivity contribution in [2.75, 3.05) is 20.1 Å². The van der Waals surface area contributed by atoms with Gasteiger partial charge in [0, 0.05) is 26.6 Å². The Labute approximate surface area is 170 Å². The summed E-state index contributed by atoms with van der Waals surface area (Å²) in [5.74, 6) is 1.50. The maximum absolute atomic E-state index is 13.6. The molecule has 0 spiro atoms. The molecule has 1 aromatic carbocycles. The summed E-state index contributed by atoms with van der Waals surface area (Å²) in [6.07, 6.45) is 2.36. The van der Waals surface area contributed by atoms with Crippen molar-refractivity contribution in [1.82, 2.24) is 25.4 Å². The second-order valence-electron chi connectivity index (χ2n) is 5.53. The number of benzene rings is 1. The fourth-order valence-electron chi connectivity index (χ4n) is 2.29. The smallest absolute Gasteiger partial charge is 0.191 e. The molecule has 1 aromatic heterocycles. The molecule has 0 aliphatic heterocycles. The molecular formula is C17H26FIN6O. The number of nitrogens with one attached hydrogen (secondary N) is 2. The van der Waals surface area contributed by atoms with E-state index in [1.807, 2.05) is 18.4 Å². The molecule has 144 valence electrons. The Morgan fingerprint density at radius 2 is 2.12 bits per heavy atom. The van der Waals surface area contributed by atoms with E-state index in [9.17, 15) is 4.39 Å². The Balaban J connectivity index is 0.00000338. The zero-order valence-electron chi connectivity index (χ0n) is 15.3. The second kappa shape index (κ2) is 11.7. The minimum absolute atomic E-state index is 0. The summed E-state index contributed by atoms with van der Waals surface area (Å²) in [7, 11) is 1.70. The van der Waals surface area contributed by atoms with Crippen molar-refractivity contribution in [2.24, 2.45) is 4.99 Å². The van der Waals surface area contributed by atoms with Gasteiger partial charge >= 0.3 is 0 Å². The Morgan fingerprint density at radius 3 is 2.81 bits per heavy atom. The third-order valence-corrected chi connectivity index (χ3v) is 3.60. The van der Waals surface area contributed by atoms with Crippen LogP contribution in [-0.4, -0.2) is 47.0 Å². The largest absolute Gasteiger partial charge is 0.486 e. The highest BCUT2D eigenvalue weighted by molar-refractivity contribution is 14.0. The number of aliphatic imine (C=N–C) groups is 1. The molecule has 0 amide bonds. The summed E-state index contributed by atoms with van der Waals surface area (Å²) < 4.78 is 21.2. The van der Waals surface area contributed by atoms with E-state index in [4.69, 9.17) is 4.74 Å². The molecular weight excluding hydrogens is 450 g/mol. The molecule has 0 saturated heterocycles. The number of aryl methyl sites for hydroxylation is 1. The van der Waals surface area contributed by atoms with E-state index in [2.05, 4.69) is 25.8 Å². The molecule has 1 heterocycles. The third kappa shape index (κ3) is 6.77. The molecule has 0 bridgehead atoms. The summed E-state index contributed by atoms with van der Waals surface area (Å²) in [6, 6.07) is 6.38. The van der Waals surface area contributed by atoms with Crippen LogP contribution in [-0.2, 0) is 13.0 Å². The van der Waals surface area contributed by atoms with Crippen molar-refractivity contribution >= 4 is 29.9 Å². The first-order valence-electron chi connectivity index (χ1n) is 8.36. The lowest BCUT2D eigenvalue weighted by molar-refractivity contribution is 0.214. The van der Waals surface area contributed by atoms with Crippen molar-refractivity contribution in [1.29, 1.82) is 0 Å². The van der Waals surface area contributed by atoms with Gasteiger partial charge in [0.2, 0.25) is 0 Å². The number of para-hydroxylation sites is 1. The quantitative estimate of drug-likeness (QED) is 0.347. The number of ether oxygens (including phenoxy) is 1. The Morgan fingerprint density at radius 1 is 1.35 bits per heavy atom. The van der Waals surface area contributed by atoms with Crippen molar-refractivity contribution in [3.8, 4) is 5.75 Å². The first-order valence-corrected chi connectivity index (χ1v) is 8.36. The maximum Gasteiger partial charge on any atom is 0.191 e. The summed E-state index contributed by atoms with van der Waals surface area (Å²) in [5, 5.41) is 14.4. The second-order valence-corrected chi connectivity index (χ2v) is 5.53. The molecule has 9 heteroatoms. The van der Waals surface area contributed by atoms with Crippen molar-refractivity contribution in [2.45, 2.75) is 32.9 Å². The van der Waals surface area contributed by atoms with Gasteiger partial charge in [-0.15, -0.1) is 34.2 Å². The summed E-state index contributed by atoms with van der Waals surface area (Å²) in [5.41, 5.74) is 0. The number of hydrogen-bond acceptors (Lipinski definition) is 4. The van der Waals surface area contributed by atoms with Gasteiger partial charge in [-0.1, -0.05) is 19.1 Å². The first kappa shape index (κ1) is 22.1. The molecule has 1 unspecified atom stereocenters. The fourth-order valence-corrected chi connectivity index (χ4v) is 2.29. The molecule has 7 nitrogen and oxygen atoms in total. The Bertz CT molecular complexity index is 693. The Kier molecular flexibility index (Phi) is 9.92. The van der Waals surface area contributed by atoms with Crippen LogP contribution in [0.3, 0.4) is 0 Å². The zero-order valence-corrected chi connectivity index (χ0v) is 17.6. The van der Waals surface area contributed by atoms with E-state index in [0.717, 1.165) is 18.8 Å². The summed E-state index contributed by atoms with van der Waals surface area (Å²) in [4.78, 5) is 4.17. The van der Waals surface area contributed by atoms with Crippen molar-refractivity contribution in [3.63, 3.8) is 0 Å². The van der Waals surface area contributed by atoms with E-state index >= 15 is 0 Å². The lowest BCUT2D eigenvalue weighted by atomic mass is 10.3. The van der Waals surface area contributed by atoms with Crippen molar-refractivity contribution < 1.29 is 9.13 Å². The molecule has 0 aliphatic rings.